The molecule has 3 aromatic carbocycles. The van der Waals surface area contributed by atoms with E-state index >= 15 is 0 Å². The van der Waals surface area contributed by atoms with Crippen molar-refractivity contribution in [2.24, 2.45) is 0 Å². The van der Waals surface area contributed by atoms with Crippen LogP contribution in [0.15, 0.2) is 91.5 Å². The number of rotatable bonds is 6. The summed E-state index contributed by atoms with van der Waals surface area (Å²) in [5, 5.41) is 8.86. The molecule has 1 N–H and O–H groups in total. The Balaban J connectivity index is 2.10. The third kappa shape index (κ3) is 3.90. The molecule has 0 spiro atoms. The highest BCUT2D eigenvalue weighted by Gasteiger charge is 2.12. The Hall–Kier alpha value is -3.59. The lowest BCUT2D eigenvalue weighted by Crippen LogP contribution is -2.10. The summed E-state index contributed by atoms with van der Waals surface area (Å²) in [4.78, 5) is 12.9. The zero-order chi connectivity index (χ0) is 18.4. The van der Waals surface area contributed by atoms with Crippen LogP contribution in [0, 0.1) is 0 Å². The van der Waals surface area contributed by atoms with Gasteiger partial charge < -0.3 is 10.0 Å². The van der Waals surface area contributed by atoms with Crippen LogP contribution in [-0.2, 0) is 4.79 Å². The fraction of sp³-hybridized carbons (Fsp3) is 0. The number of para-hydroxylation sites is 2. The third-order valence-electron chi connectivity index (χ3n) is 3.98. The first kappa shape index (κ1) is 17.2. The fourth-order valence-electron chi connectivity index (χ4n) is 2.79. The molecule has 3 aromatic rings. The number of benzene rings is 3. The highest BCUT2D eigenvalue weighted by atomic mass is 16.4. The van der Waals surface area contributed by atoms with Crippen molar-refractivity contribution in [3.8, 4) is 0 Å². The first-order valence-corrected chi connectivity index (χ1v) is 8.27. The number of carbonyl (C=O) groups is 1. The van der Waals surface area contributed by atoms with E-state index in [2.05, 4.69) is 35.7 Å². The Bertz CT molecular complexity index is 891. The highest BCUT2D eigenvalue weighted by Crippen LogP contribution is 2.35. The van der Waals surface area contributed by atoms with Crippen LogP contribution in [0.4, 0.5) is 17.1 Å². The van der Waals surface area contributed by atoms with E-state index in [1.807, 2.05) is 54.6 Å². The first-order chi connectivity index (χ1) is 12.7. The van der Waals surface area contributed by atoms with Gasteiger partial charge in [0, 0.05) is 23.1 Å². The molecule has 0 unspecified atom stereocenters. The highest BCUT2D eigenvalue weighted by molar-refractivity contribution is 5.87. The summed E-state index contributed by atoms with van der Waals surface area (Å²) in [7, 11) is 0. The van der Waals surface area contributed by atoms with Gasteiger partial charge in [0.05, 0.1) is 0 Å². The molecule has 0 aromatic heterocycles. The number of aliphatic carboxylic acids is 1. The number of hydrogen-bond donors (Lipinski definition) is 1. The molecule has 0 heterocycles. The Morgan fingerprint density at radius 2 is 1.38 bits per heavy atom. The smallest absolute Gasteiger partial charge is 0.328 e. The zero-order valence-electron chi connectivity index (χ0n) is 14.2. The van der Waals surface area contributed by atoms with Gasteiger partial charge in [-0.1, -0.05) is 55.1 Å². The minimum atomic E-state index is -0.973. The van der Waals surface area contributed by atoms with Crippen molar-refractivity contribution in [3.05, 3.63) is 103 Å². The minimum Gasteiger partial charge on any atom is -0.478 e. The molecule has 0 bridgehead atoms. The van der Waals surface area contributed by atoms with E-state index in [-0.39, 0.29) is 0 Å². The van der Waals surface area contributed by atoms with Crippen molar-refractivity contribution in [3.63, 3.8) is 0 Å². The lowest BCUT2D eigenvalue weighted by molar-refractivity contribution is -0.131. The van der Waals surface area contributed by atoms with Crippen molar-refractivity contribution in [2.45, 2.75) is 0 Å². The van der Waals surface area contributed by atoms with Crippen LogP contribution in [-0.4, -0.2) is 11.1 Å². The second-order valence-electron chi connectivity index (χ2n) is 5.70. The van der Waals surface area contributed by atoms with Crippen LogP contribution in [0.3, 0.4) is 0 Å². The molecule has 0 saturated heterocycles. The molecule has 128 valence electrons. The molecule has 0 radical (unpaired) electrons. The van der Waals surface area contributed by atoms with Crippen LogP contribution in [0.25, 0.3) is 12.2 Å². The topological polar surface area (TPSA) is 40.5 Å². The van der Waals surface area contributed by atoms with E-state index in [1.54, 1.807) is 12.2 Å². The SMILES string of the molecule is C=Cc1cc(N(c2ccccc2)c2ccccc2)ccc1C=CC(=O)O. The normalized spacial score (nSPS) is 10.6. The van der Waals surface area contributed by atoms with E-state index < -0.39 is 5.97 Å². The molecular formula is C23H19NO2. The maximum Gasteiger partial charge on any atom is 0.328 e. The summed E-state index contributed by atoms with van der Waals surface area (Å²) in [5.74, 6) is -0.973. The predicted molar refractivity (Wildman–Crippen MR) is 108 cm³/mol. The van der Waals surface area contributed by atoms with Gasteiger partial charge in [0.15, 0.2) is 0 Å². The molecule has 26 heavy (non-hydrogen) atoms. The second-order valence-corrected chi connectivity index (χ2v) is 5.70. The molecule has 0 aliphatic carbocycles. The second kappa shape index (κ2) is 7.99. The summed E-state index contributed by atoms with van der Waals surface area (Å²) in [6.07, 6.45) is 4.45. The Labute approximate surface area is 153 Å². The lowest BCUT2D eigenvalue weighted by Gasteiger charge is -2.26. The average molecular weight is 341 g/mol. The lowest BCUT2D eigenvalue weighted by atomic mass is 10.0. The van der Waals surface area contributed by atoms with Gasteiger partial charge in [-0.15, -0.1) is 0 Å². The number of nitrogens with zero attached hydrogens (tertiary/aromatic N) is 1. The molecular weight excluding hydrogens is 322 g/mol. The van der Waals surface area contributed by atoms with Gasteiger partial charge in [0.2, 0.25) is 0 Å². The molecule has 0 amide bonds. The summed E-state index contributed by atoms with van der Waals surface area (Å²) in [5.41, 5.74) is 4.75. The molecule has 3 nitrogen and oxygen atoms in total. The molecule has 3 heteroatoms. The monoisotopic (exact) mass is 341 g/mol. The van der Waals surface area contributed by atoms with Gasteiger partial charge in [-0.25, -0.2) is 4.79 Å². The molecule has 0 aliphatic heterocycles. The summed E-state index contributed by atoms with van der Waals surface area (Å²) in [6.45, 7) is 3.86. The van der Waals surface area contributed by atoms with Crippen LogP contribution in [0.5, 0.6) is 0 Å². The van der Waals surface area contributed by atoms with Gasteiger partial charge in [-0.05, 0) is 53.6 Å². The number of hydrogen-bond acceptors (Lipinski definition) is 2. The van der Waals surface area contributed by atoms with Crippen LogP contribution < -0.4 is 4.90 Å². The quantitative estimate of drug-likeness (QED) is 0.568. The van der Waals surface area contributed by atoms with Gasteiger partial charge >= 0.3 is 5.97 Å². The number of carboxylic acid groups (broad SMARTS) is 1. The largest absolute Gasteiger partial charge is 0.478 e. The Morgan fingerprint density at radius 1 is 0.808 bits per heavy atom. The predicted octanol–water partition coefficient (Wildman–Crippen LogP) is 5.90. The first-order valence-electron chi connectivity index (χ1n) is 8.27. The average Bonchev–Trinajstić information content (AvgIpc) is 2.68. The van der Waals surface area contributed by atoms with E-state index in [4.69, 9.17) is 5.11 Å². The maximum absolute atomic E-state index is 10.8. The van der Waals surface area contributed by atoms with E-state index in [0.29, 0.717) is 0 Å². The van der Waals surface area contributed by atoms with Crippen LogP contribution in [0.1, 0.15) is 11.1 Å². The van der Waals surface area contributed by atoms with Crippen molar-refractivity contribution in [2.75, 3.05) is 4.90 Å². The van der Waals surface area contributed by atoms with Crippen LogP contribution in [0.2, 0.25) is 0 Å². The standard InChI is InChI=1S/C23H19NO2/c1-2-18-17-22(15-13-19(18)14-16-23(25)26)24(20-9-5-3-6-10-20)21-11-7-4-8-12-21/h2-17H,1H2,(H,25,26). The molecule has 0 aliphatic rings. The summed E-state index contributed by atoms with van der Waals surface area (Å²) >= 11 is 0. The van der Waals surface area contributed by atoms with E-state index in [0.717, 1.165) is 34.3 Å². The zero-order valence-corrected chi connectivity index (χ0v) is 14.2. The van der Waals surface area contributed by atoms with Crippen LogP contribution >= 0.6 is 0 Å². The summed E-state index contributed by atoms with van der Waals surface area (Å²) < 4.78 is 0. The Kier molecular flexibility index (Phi) is 5.30. The molecule has 3 rings (SSSR count). The molecule has 0 saturated carbocycles. The van der Waals surface area contributed by atoms with E-state index in [1.165, 1.54) is 0 Å². The number of carboxylic acids is 1. The van der Waals surface area contributed by atoms with Crippen molar-refractivity contribution >= 4 is 35.2 Å². The van der Waals surface area contributed by atoms with Crippen molar-refractivity contribution < 1.29 is 9.90 Å². The van der Waals surface area contributed by atoms with Gasteiger partial charge in [-0.3, -0.25) is 0 Å². The third-order valence-corrected chi connectivity index (χ3v) is 3.98. The maximum atomic E-state index is 10.8. The summed E-state index contributed by atoms with van der Waals surface area (Å²) in [6, 6.07) is 26.1. The van der Waals surface area contributed by atoms with Crippen molar-refractivity contribution in [1.29, 1.82) is 0 Å². The number of anilines is 3. The van der Waals surface area contributed by atoms with Crippen molar-refractivity contribution in [1.82, 2.24) is 0 Å². The molecule has 0 fully saturated rings. The van der Waals surface area contributed by atoms with E-state index in [9.17, 15) is 4.79 Å². The van der Waals surface area contributed by atoms with Gasteiger partial charge in [0.1, 0.15) is 0 Å². The molecule has 0 atom stereocenters. The minimum absolute atomic E-state index is 0.812. The Morgan fingerprint density at radius 3 is 1.88 bits per heavy atom. The fourth-order valence-corrected chi connectivity index (χ4v) is 2.79. The van der Waals surface area contributed by atoms with Gasteiger partial charge in [-0.2, -0.15) is 0 Å². The van der Waals surface area contributed by atoms with Gasteiger partial charge in [0.25, 0.3) is 0 Å².